The van der Waals surface area contributed by atoms with E-state index in [2.05, 4.69) is 68.9 Å². The molecule has 7 amide bonds. The van der Waals surface area contributed by atoms with Crippen LogP contribution in [0.4, 0.5) is 4.79 Å². The van der Waals surface area contributed by atoms with Crippen molar-refractivity contribution in [3.05, 3.63) is 177 Å². The number of thiazole rings is 3. The van der Waals surface area contributed by atoms with Crippen LogP contribution in [0.15, 0.2) is 132 Å². The maximum Gasteiger partial charge on any atom is 0.408 e. The summed E-state index contributed by atoms with van der Waals surface area (Å²) in [4.78, 5) is 119. The van der Waals surface area contributed by atoms with Gasteiger partial charge in [0, 0.05) is 75.4 Å². The van der Waals surface area contributed by atoms with E-state index in [1.165, 1.54) is 28.1 Å². The molecule has 27 nitrogen and oxygen atoms in total. The molecule has 8 heterocycles. The van der Waals surface area contributed by atoms with E-state index in [0.29, 0.717) is 25.7 Å². The van der Waals surface area contributed by atoms with Gasteiger partial charge in [0.05, 0.1) is 97.1 Å². The SMILES string of the molecule is Cc1cnn([C@@H](C(C)CCc2ncsc2-c2ccc(CNC(=O)[C@@H]3C[C@@H](O)CN3C(=O)[C@@H](NC(=O)[C@H](C)NC(=O)OC(C)(C)C)C(C)(C)C)cc2)C(O)N2C[C@H](O)C[C@H]2C(=O)N[C@@H](C)C2C=CC(c3scnc3Cc3cccc(-c4cnn([C@H](C(=O)N5C[C@H](O)C[C@H]5C(=O)N[C@@H](C)c5ccc(-c6scnc6C)cc5)C(C)C)c4)c3)=CC2)c1. The van der Waals surface area contributed by atoms with Gasteiger partial charge in [0.25, 0.3) is 0 Å². The van der Waals surface area contributed by atoms with Gasteiger partial charge in [-0.05, 0) is 143 Å². The Bertz CT molecular complexity index is 4900. The molecule has 117 heavy (non-hydrogen) atoms. The summed E-state index contributed by atoms with van der Waals surface area (Å²) in [6.07, 6.45) is 11.6. The third-order valence-corrected chi connectivity index (χ3v) is 25.3. The molecule has 0 bridgehead atoms. The number of aromatic nitrogens is 7. The Hall–Kier alpha value is -9.66. The minimum absolute atomic E-state index is 0.00619. The number of aliphatic hydroxyl groups is 4. The predicted molar refractivity (Wildman–Crippen MR) is 451 cm³/mol. The summed E-state index contributed by atoms with van der Waals surface area (Å²) >= 11 is 4.65. The molecule has 30 heteroatoms. The number of nitrogens with zero attached hydrogens (tertiary/aromatic N) is 10. The van der Waals surface area contributed by atoms with E-state index in [4.69, 9.17) is 24.9 Å². The Labute approximate surface area is 695 Å². The Morgan fingerprint density at radius 1 is 0.624 bits per heavy atom. The highest BCUT2D eigenvalue weighted by Gasteiger charge is 2.48. The first-order valence-electron chi connectivity index (χ1n) is 40.3. The second kappa shape index (κ2) is 37.1. The summed E-state index contributed by atoms with van der Waals surface area (Å²) in [5.74, 6) is -2.97. The fourth-order valence-corrected chi connectivity index (χ4v) is 18.6. The summed E-state index contributed by atoms with van der Waals surface area (Å²) in [7, 11) is 0. The third-order valence-electron chi connectivity index (χ3n) is 22.5. The molecule has 12 rings (SSSR count). The number of carbonyl (C=O) groups excluding carboxylic acids is 7. The number of β-amino-alcohol motifs (C(OH)–C–C–N with tert-alkyl or cyclic N) is 3. The minimum atomic E-state index is -1.21. The number of hydrogen-bond acceptors (Lipinski definition) is 21. The maximum absolute atomic E-state index is 14.7. The summed E-state index contributed by atoms with van der Waals surface area (Å²) in [6, 6.07) is 17.1. The third kappa shape index (κ3) is 20.9. The van der Waals surface area contributed by atoms with Crippen molar-refractivity contribution in [3.8, 4) is 32.0 Å². The first-order valence-corrected chi connectivity index (χ1v) is 42.9. The van der Waals surface area contributed by atoms with Crippen molar-refractivity contribution in [1.29, 1.82) is 0 Å². The van der Waals surface area contributed by atoms with Crippen LogP contribution in [0, 0.1) is 37.0 Å². The van der Waals surface area contributed by atoms with E-state index >= 15 is 0 Å². The van der Waals surface area contributed by atoms with Crippen LogP contribution in [-0.4, -0.2) is 197 Å². The molecule has 5 aromatic heterocycles. The van der Waals surface area contributed by atoms with Gasteiger partial charge in [-0.2, -0.15) is 10.2 Å². The van der Waals surface area contributed by atoms with E-state index < -0.39 is 102 Å². The Morgan fingerprint density at radius 2 is 1.24 bits per heavy atom. The molecule has 4 aliphatic rings. The second-order valence-corrected chi connectivity index (χ2v) is 36.8. The van der Waals surface area contributed by atoms with Crippen molar-refractivity contribution in [3.63, 3.8) is 0 Å². The van der Waals surface area contributed by atoms with Gasteiger partial charge < -0.3 is 61.5 Å². The molecule has 3 unspecified atom stereocenters. The molecule has 0 radical (unpaired) electrons. The fourth-order valence-electron chi connectivity index (χ4n) is 16.1. The smallest absolute Gasteiger partial charge is 0.408 e. The van der Waals surface area contributed by atoms with Gasteiger partial charge in [-0.25, -0.2) is 19.7 Å². The highest BCUT2D eigenvalue weighted by molar-refractivity contribution is 7.13. The number of nitrogens with one attached hydrogen (secondary N) is 5. The topological polar surface area (TPSA) is 354 Å². The van der Waals surface area contributed by atoms with Crippen LogP contribution in [0.25, 0.3) is 37.6 Å². The number of aryl methyl sites for hydroxylation is 3. The van der Waals surface area contributed by atoms with Gasteiger partial charge in [0.2, 0.25) is 35.4 Å². The molecule has 0 saturated carbocycles. The van der Waals surface area contributed by atoms with Crippen molar-refractivity contribution in [2.45, 2.75) is 233 Å². The average molecular weight is 1660 g/mol. The van der Waals surface area contributed by atoms with Crippen molar-refractivity contribution < 1.29 is 58.7 Å². The van der Waals surface area contributed by atoms with Crippen LogP contribution < -0.4 is 26.6 Å². The number of carbonyl (C=O) groups is 7. The van der Waals surface area contributed by atoms with Gasteiger partial charge in [0.1, 0.15) is 42.0 Å². The average Bonchev–Trinajstić information content (AvgIpc) is 1.66. The molecule has 624 valence electrons. The van der Waals surface area contributed by atoms with Gasteiger partial charge >= 0.3 is 6.09 Å². The molecule has 3 aliphatic heterocycles. The van der Waals surface area contributed by atoms with Crippen LogP contribution in [0.1, 0.15) is 178 Å². The molecule has 15 atom stereocenters. The molecule has 9 N–H and O–H groups in total. The highest BCUT2D eigenvalue weighted by atomic mass is 32.1. The van der Waals surface area contributed by atoms with Gasteiger partial charge in [-0.15, -0.1) is 34.0 Å². The number of hydrogen-bond donors (Lipinski definition) is 9. The molecule has 1 aliphatic carbocycles. The second-order valence-electron chi connectivity index (χ2n) is 34.3. The predicted octanol–water partition coefficient (Wildman–Crippen LogP) is 10.4. The highest BCUT2D eigenvalue weighted by Crippen LogP contribution is 2.39. The van der Waals surface area contributed by atoms with Crippen LogP contribution in [-0.2, 0) is 52.9 Å². The lowest BCUT2D eigenvalue weighted by Gasteiger charge is -2.37. The van der Waals surface area contributed by atoms with Gasteiger partial charge in [-0.1, -0.05) is 133 Å². The molecule has 3 aromatic carbocycles. The lowest BCUT2D eigenvalue weighted by molar-refractivity contribution is -0.144. The van der Waals surface area contributed by atoms with Gasteiger partial charge in [-0.3, -0.25) is 43.0 Å². The lowest BCUT2D eigenvalue weighted by atomic mass is 9.85. The zero-order chi connectivity index (χ0) is 84.1. The Balaban J connectivity index is 0.626. The Morgan fingerprint density at radius 3 is 1.88 bits per heavy atom. The maximum atomic E-state index is 14.7. The molecule has 3 fully saturated rings. The number of benzene rings is 3. The standard InChI is InChI=1S/C87H111N15O12S3/c1-48(2)72(82(110)98-42-65(104)35-70(98)80(108)94-51(5)57-23-27-59(28-24-57)74-53(7)89-45-115-74)102-41-63(39-93-102)62-17-15-16-56(32-62)33-68-76(117-47-91-68)61-29-25-58(26-30-61)52(6)95-81(109)71-36-66(105)43-99(71)83(111)73(101-40-49(3)37-92-101)50(4)18-31-67-75(116-46-90-67)60-21-19-55(20-22-60)38-88-79(107)69-34-64(103)44-100(69)84(112)77(86(9,10)11)97-78(106)54(8)96-85(113)114-87(12,13)14/h15-17,19-25,27-30,32,37,39-41,45-48,50-52,54,58,64-66,69-73,77,83,103-105,111H,18,26,31,33-36,38,42-44H2,1-14H3,(H,88,107)(H,94,108)(H,95,109)(H,96,113)(H,97,106)/t50?,51-,52-,54-,58?,64+,65+,66+,69-,70-,71-,72-,73-,77+,83?/m0/s1. The summed E-state index contributed by atoms with van der Waals surface area (Å²) in [6.45, 7) is 25.8. The molecule has 0 spiro atoms. The lowest BCUT2D eigenvalue weighted by Crippen LogP contribution is -2.60. The normalized spacial score (nSPS) is 21.2. The summed E-state index contributed by atoms with van der Waals surface area (Å²) in [5, 5.41) is 69.7. The number of allylic oxidation sites excluding steroid dienone is 3. The monoisotopic (exact) mass is 1650 g/mol. The van der Waals surface area contributed by atoms with Crippen LogP contribution in [0.5, 0.6) is 0 Å². The zero-order valence-corrected chi connectivity index (χ0v) is 71.4. The van der Waals surface area contributed by atoms with Crippen molar-refractivity contribution >= 4 is 81.1 Å². The number of aliphatic hydroxyl groups excluding tert-OH is 4. The van der Waals surface area contributed by atoms with Crippen LogP contribution in [0.3, 0.4) is 0 Å². The van der Waals surface area contributed by atoms with E-state index in [0.717, 1.165) is 81.8 Å². The number of amides is 7. The largest absolute Gasteiger partial charge is 0.444 e. The fraction of sp³-hybridized carbons (Fsp3) is 0.494. The summed E-state index contributed by atoms with van der Waals surface area (Å²) in [5.41, 5.74) is 15.0. The van der Waals surface area contributed by atoms with Crippen LogP contribution >= 0.6 is 34.0 Å². The van der Waals surface area contributed by atoms with Crippen molar-refractivity contribution in [2.75, 3.05) is 19.6 Å². The van der Waals surface area contributed by atoms with Gasteiger partial charge in [0.15, 0.2) is 0 Å². The molecular weight excluding hydrogens is 1540 g/mol. The number of alkyl carbamates (subject to hydrolysis) is 1. The van der Waals surface area contributed by atoms with E-state index in [1.807, 2.05) is 126 Å². The Kier molecular flexibility index (Phi) is 27.5. The molecule has 3 saturated heterocycles. The van der Waals surface area contributed by atoms with Crippen molar-refractivity contribution in [1.82, 2.24) is 75.8 Å². The quantitative estimate of drug-likeness (QED) is 0.0210. The number of rotatable bonds is 29. The van der Waals surface area contributed by atoms with E-state index in [9.17, 15) is 54.0 Å². The van der Waals surface area contributed by atoms with Crippen molar-refractivity contribution in [2.24, 2.45) is 23.2 Å². The minimum Gasteiger partial charge on any atom is -0.444 e. The molecular formula is C87H111N15O12S3. The summed E-state index contributed by atoms with van der Waals surface area (Å²) < 4.78 is 8.75. The first kappa shape index (κ1) is 86.7. The zero-order valence-electron chi connectivity index (χ0n) is 69.0. The van der Waals surface area contributed by atoms with Crippen LogP contribution in [0.2, 0.25) is 0 Å². The van der Waals surface area contributed by atoms with E-state index in [-0.39, 0.29) is 93.0 Å². The van der Waals surface area contributed by atoms with E-state index in [1.54, 1.807) is 96.4 Å². The first-order chi connectivity index (χ1) is 55.5. The number of likely N-dealkylation sites (tertiary alicyclic amines) is 3. The molecule has 8 aromatic rings. The number of ether oxygens (including phenoxy) is 1.